The van der Waals surface area contributed by atoms with Crippen LogP contribution in [0.5, 0.6) is 0 Å². The number of ketones is 1. The first kappa shape index (κ1) is 21.0. The molecular formula is C15H27N2O4P. The molecule has 0 aliphatic rings. The lowest BCUT2D eigenvalue weighted by Gasteiger charge is -2.11. The summed E-state index contributed by atoms with van der Waals surface area (Å²) < 4.78 is 10.9. The summed E-state index contributed by atoms with van der Waals surface area (Å²) in [4.78, 5) is 25.3. The smallest absolute Gasteiger partial charge is 0.238 e. The van der Waals surface area contributed by atoms with Crippen LogP contribution >= 0.6 is 8.38 Å². The van der Waals surface area contributed by atoms with Crippen LogP contribution in [0, 0.1) is 6.57 Å². The molecule has 126 valence electrons. The predicted molar refractivity (Wildman–Crippen MR) is 87.6 cm³/mol. The highest BCUT2D eigenvalue weighted by Crippen LogP contribution is 2.33. The highest BCUT2D eigenvalue weighted by atomic mass is 31.2. The lowest BCUT2D eigenvalue weighted by Crippen LogP contribution is -2.24. The zero-order chi connectivity index (χ0) is 16.6. The van der Waals surface area contributed by atoms with E-state index in [-0.39, 0.29) is 18.1 Å². The molecule has 22 heavy (non-hydrogen) atoms. The zero-order valence-electron chi connectivity index (χ0n) is 13.6. The normalized spacial score (nSPS) is 11.7. The molecule has 0 aromatic heterocycles. The molecule has 0 fully saturated rings. The molecule has 1 N–H and O–H groups in total. The van der Waals surface area contributed by atoms with Crippen LogP contribution in [0.1, 0.15) is 45.4 Å². The van der Waals surface area contributed by atoms with Crippen LogP contribution in [0.3, 0.4) is 0 Å². The van der Waals surface area contributed by atoms with Crippen LogP contribution in [-0.2, 0) is 18.6 Å². The number of Topliss-reactive ketones (excluding diaryl/α,β-unsaturated/α-hetero) is 1. The molecule has 0 aliphatic carbocycles. The Kier molecular flexibility index (Phi) is 14.2. The largest absolute Gasteiger partial charge is 0.356 e. The summed E-state index contributed by atoms with van der Waals surface area (Å²) in [6.07, 6.45) is 4.61. The number of hydrogen-bond acceptors (Lipinski definition) is 4. The maximum absolute atomic E-state index is 11.4. The van der Waals surface area contributed by atoms with Crippen molar-refractivity contribution < 1.29 is 18.6 Å². The van der Waals surface area contributed by atoms with E-state index >= 15 is 0 Å². The van der Waals surface area contributed by atoms with Gasteiger partial charge in [0.1, 0.15) is 12.4 Å². The second-order valence-corrected chi connectivity index (χ2v) is 6.35. The van der Waals surface area contributed by atoms with Gasteiger partial charge < -0.3 is 24.0 Å². The molecule has 0 bridgehead atoms. The SMILES string of the molecule is [C-]#[N+]CCOP(C)OCCCCCCNC(=O)CCC(C)=O. The van der Waals surface area contributed by atoms with Crippen molar-refractivity contribution in [3.8, 4) is 0 Å². The molecule has 7 heteroatoms. The molecule has 0 rings (SSSR count). The molecule has 0 radical (unpaired) electrons. The third-order valence-corrected chi connectivity index (χ3v) is 3.94. The van der Waals surface area contributed by atoms with Crippen molar-refractivity contribution in [3.63, 3.8) is 0 Å². The van der Waals surface area contributed by atoms with Crippen LogP contribution in [0.25, 0.3) is 4.85 Å². The molecule has 6 nitrogen and oxygen atoms in total. The Morgan fingerprint density at radius 2 is 1.77 bits per heavy atom. The van der Waals surface area contributed by atoms with Crippen molar-refractivity contribution in [1.82, 2.24) is 5.32 Å². The lowest BCUT2D eigenvalue weighted by molar-refractivity contribution is -0.124. The Morgan fingerprint density at radius 3 is 2.45 bits per heavy atom. The van der Waals surface area contributed by atoms with Crippen LogP contribution in [0.15, 0.2) is 0 Å². The maximum Gasteiger partial charge on any atom is 0.238 e. The predicted octanol–water partition coefficient (Wildman–Crippen LogP) is 2.93. The number of rotatable bonds is 14. The minimum absolute atomic E-state index is 0.0455. The number of nitrogens with zero attached hydrogens (tertiary/aromatic N) is 1. The molecule has 1 amide bonds. The summed E-state index contributed by atoms with van der Waals surface area (Å²) >= 11 is 0. The van der Waals surface area contributed by atoms with Crippen molar-refractivity contribution in [2.24, 2.45) is 0 Å². The Morgan fingerprint density at radius 1 is 1.09 bits per heavy atom. The molecule has 0 aliphatic heterocycles. The Bertz CT molecular complexity index is 358. The number of carbonyl (C=O) groups excluding carboxylic acids is 2. The lowest BCUT2D eigenvalue weighted by atomic mass is 10.2. The fourth-order valence-corrected chi connectivity index (χ4v) is 2.43. The first-order chi connectivity index (χ1) is 10.6. The van der Waals surface area contributed by atoms with Gasteiger partial charge in [0.25, 0.3) is 0 Å². The molecule has 0 spiro atoms. The summed E-state index contributed by atoms with van der Waals surface area (Å²) in [7, 11) is -0.866. The van der Waals surface area contributed by atoms with Crippen molar-refractivity contribution in [1.29, 1.82) is 0 Å². The minimum atomic E-state index is -0.866. The van der Waals surface area contributed by atoms with Gasteiger partial charge in [0.05, 0.1) is 6.61 Å². The first-order valence-corrected chi connectivity index (χ1v) is 9.27. The van der Waals surface area contributed by atoms with Gasteiger partial charge in [0, 0.05) is 26.1 Å². The van der Waals surface area contributed by atoms with E-state index in [2.05, 4.69) is 10.2 Å². The molecule has 0 heterocycles. The maximum atomic E-state index is 11.4. The van der Waals surface area contributed by atoms with E-state index in [1.54, 1.807) is 0 Å². The first-order valence-electron chi connectivity index (χ1n) is 7.65. The van der Waals surface area contributed by atoms with E-state index in [0.717, 1.165) is 25.7 Å². The third-order valence-electron chi connectivity index (χ3n) is 2.85. The standard InChI is InChI=1S/C15H27N2O4P/c1-14(18)8-9-15(19)17-10-6-4-5-7-12-20-22(3)21-13-11-16-2/h4-13H2,1,3H3,(H,17,19). The zero-order valence-corrected chi connectivity index (χ0v) is 14.5. The molecule has 0 saturated carbocycles. The van der Waals surface area contributed by atoms with Gasteiger partial charge in [-0.3, -0.25) is 4.79 Å². The Balaban J connectivity index is 3.28. The van der Waals surface area contributed by atoms with Crippen LogP contribution in [0.2, 0.25) is 0 Å². The highest BCUT2D eigenvalue weighted by molar-refractivity contribution is 7.46. The quantitative estimate of drug-likeness (QED) is 0.302. The molecular weight excluding hydrogens is 303 g/mol. The summed E-state index contributed by atoms with van der Waals surface area (Å²) in [5, 5.41) is 2.81. The van der Waals surface area contributed by atoms with E-state index in [1.165, 1.54) is 6.92 Å². The van der Waals surface area contributed by atoms with Crippen LogP contribution < -0.4 is 5.32 Å². The van der Waals surface area contributed by atoms with Crippen LogP contribution in [-0.4, -0.2) is 44.7 Å². The monoisotopic (exact) mass is 330 g/mol. The van der Waals surface area contributed by atoms with Crippen molar-refractivity contribution >= 4 is 20.1 Å². The van der Waals surface area contributed by atoms with Gasteiger partial charge in [-0.1, -0.05) is 12.8 Å². The Hall–Kier alpha value is -1.02. The molecule has 0 saturated heterocycles. The number of amides is 1. The number of unbranched alkanes of at least 4 members (excludes halogenated alkanes) is 3. The van der Waals surface area contributed by atoms with Gasteiger partial charge in [-0.05, 0) is 19.8 Å². The van der Waals surface area contributed by atoms with Crippen molar-refractivity contribution in [2.75, 3.05) is 33.0 Å². The highest BCUT2D eigenvalue weighted by Gasteiger charge is 2.04. The van der Waals surface area contributed by atoms with E-state index < -0.39 is 8.38 Å². The average Bonchev–Trinajstić information content (AvgIpc) is 2.48. The molecule has 0 aromatic rings. The summed E-state index contributed by atoms with van der Waals surface area (Å²) in [6, 6.07) is 0. The second-order valence-electron chi connectivity index (χ2n) is 4.95. The third kappa shape index (κ3) is 15.4. The molecule has 0 aromatic carbocycles. The van der Waals surface area contributed by atoms with Crippen molar-refractivity contribution in [2.45, 2.75) is 45.4 Å². The fourth-order valence-electron chi connectivity index (χ4n) is 1.63. The van der Waals surface area contributed by atoms with E-state index in [4.69, 9.17) is 15.6 Å². The second kappa shape index (κ2) is 14.9. The molecule has 1 unspecified atom stereocenters. The van der Waals surface area contributed by atoms with Gasteiger partial charge in [-0.15, -0.1) is 0 Å². The summed E-state index contributed by atoms with van der Waals surface area (Å²) in [6.45, 7) is 12.2. The number of nitrogens with one attached hydrogen (secondary N) is 1. The average molecular weight is 330 g/mol. The van der Waals surface area contributed by atoms with E-state index in [0.29, 0.717) is 32.7 Å². The minimum Gasteiger partial charge on any atom is -0.356 e. The van der Waals surface area contributed by atoms with Gasteiger partial charge in [0.2, 0.25) is 12.5 Å². The van der Waals surface area contributed by atoms with Crippen LogP contribution in [0.4, 0.5) is 0 Å². The number of carbonyl (C=O) groups is 2. The van der Waals surface area contributed by atoms with Gasteiger partial charge >= 0.3 is 0 Å². The van der Waals surface area contributed by atoms with Gasteiger partial charge in [-0.25, -0.2) is 6.57 Å². The van der Waals surface area contributed by atoms with E-state index in [9.17, 15) is 9.59 Å². The summed E-state index contributed by atoms with van der Waals surface area (Å²) in [5.74, 6) is -0.00387. The fraction of sp³-hybridized carbons (Fsp3) is 0.800. The summed E-state index contributed by atoms with van der Waals surface area (Å²) in [5.41, 5.74) is 0. The van der Waals surface area contributed by atoms with Crippen molar-refractivity contribution in [3.05, 3.63) is 11.4 Å². The van der Waals surface area contributed by atoms with E-state index in [1.807, 2.05) is 6.66 Å². The van der Waals surface area contributed by atoms with Gasteiger partial charge in [-0.2, -0.15) is 0 Å². The number of hydrogen-bond donors (Lipinski definition) is 1. The van der Waals surface area contributed by atoms with Gasteiger partial charge in [0.15, 0.2) is 8.38 Å². The Labute approximate surface area is 134 Å². The molecule has 1 atom stereocenters. The topological polar surface area (TPSA) is 69.0 Å².